The Balaban J connectivity index is 1.57. The standard InChI is InChI=1S/C18H30N2O2/c1-15(21)20-13-10-18(14-20)9-5-11-19(17(18)22)12-8-16-6-3-2-4-7-16/h16H,2-14H2,1H3/t18-/m1/s1. The monoisotopic (exact) mass is 306 g/mol. The van der Waals surface area contributed by atoms with Crippen LogP contribution in [0.2, 0.25) is 0 Å². The number of piperidine rings is 1. The van der Waals surface area contributed by atoms with Gasteiger partial charge in [-0.3, -0.25) is 9.59 Å². The normalized spacial score (nSPS) is 30.3. The zero-order chi connectivity index (χ0) is 15.6. The van der Waals surface area contributed by atoms with Crippen LogP contribution in [0.4, 0.5) is 0 Å². The van der Waals surface area contributed by atoms with E-state index >= 15 is 0 Å². The highest BCUT2D eigenvalue weighted by Gasteiger charge is 2.48. The van der Waals surface area contributed by atoms with E-state index in [1.807, 2.05) is 4.90 Å². The highest BCUT2D eigenvalue weighted by molar-refractivity contribution is 5.85. The molecule has 1 spiro atoms. The van der Waals surface area contributed by atoms with Crippen molar-refractivity contribution in [3.05, 3.63) is 0 Å². The number of nitrogens with zero attached hydrogens (tertiary/aromatic N) is 2. The number of amides is 2. The fourth-order valence-electron chi connectivity index (χ4n) is 4.70. The minimum absolute atomic E-state index is 0.115. The molecule has 4 heteroatoms. The molecule has 124 valence electrons. The van der Waals surface area contributed by atoms with Crippen molar-refractivity contribution >= 4 is 11.8 Å². The Labute approximate surface area is 134 Å². The van der Waals surface area contributed by atoms with Crippen LogP contribution in [0.1, 0.15) is 64.7 Å². The van der Waals surface area contributed by atoms with Crippen LogP contribution in [0, 0.1) is 11.3 Å². The lowest BCUT2D eigenvalue weighted by Crippen LogP contribution is -2.50. The highest BCUT2D eigenvalue weighted by atomic mass is 16.2. The van der Waals surface area contributed by atoms with Gasteiger partial charge in [-0.1, -0.05) is 32.1 Å². The summed E-state index contributed by atoms with van der Waals surface area (Å²) in [6.45, 7) is 4.89. The Hall–Kier alpha value is -1.06. The van der Waals surface area contributed by atoms with Gasteiger partial charge in [-0.25, -0.2) is 0 Å². The third-order valence-corrected chi connectivity index (χ3v) is 6.16. The van der Waals surface area contributed by atoms with Crippen LogP contribution in [0.25, 0.3) is 0 Å². The molecule has 3 rings (SSSR count). The smallest absolute Gasteiger partial charge is 0.230 e. The first-order valence-electron chi connectivity index (χ1n) is 9.16. The molecular weight excluding hydrogens is 276 g/mol. The molecule has 22 heavy (non-hydrogen) atoms. The van der Waals surface area contributed by atoms with Crippen molar-refractivity contribution in [2.45, 2.75) is 64.7 Å². The van der Waals surface area contributed by atoms with Crippen molar-refractivity contribution in [1.29, 1.82) is 0 Å². The van der Waals surface area contributed by atoms with Gasteiger partial charge in [0.15, 0.2) is 0 Å². The van der Waals surface area contributed by atoms with E-state index in [1.165, 1.54) is 38.5 Å². The van der Waals surface area contributed by atoms with E-state index in [1.54, 1.807) is 6.92 Å². The van der Waals surface area contributed by atoms with Gasteiger partial charge in [-0.15, -0.1) is 0 Å². The summed E-state index contributed by atoms with van der Waals surface area (Å²) in [6.07, 6.45) is 11.0. The van der Waals surface area contributed by atoms with Crippen molar-refractivity contribution in [2.75, 3.05) is 26.2 Å². The van der Waals surface area contributed by atoms with Crippen LogP contribution >= 0.6 is 0 Å². The van der Waals surface area contributed by atoms with Gasteiger partial charge in [0.1, 0.15) is 0 Å². The van der Waals surface area contributed by atoms with Gasteiger partial charge < -0.3 is 9.80 Å². The van der Waals surface area contributed by atoms with E-state index in [0.717, 1.165) is 44.8 Å². The maximum Gasteiger partial charge on any atom is 0.230 e. The van der Waals surface area contributed by atoms with Gasteiger partial charge in [0.25, 0.3) is 0 Å². The summed E-state index contributed by atoms with van der Waals surface area (Å²) >= 11 is 0. The summed E-state index contributed by atoms with van der Waals surface area (Å²) < 4.78 is 0. The summed E-state index contributed by atoms with van der Waals surface area (Å²) in [5.74, 6) is 1.28. The van der Waals surface area contributed by atoms with E-state index < -0.39 is 0 Å². The molecule has 1 saturated carbocycles. The van der Waals surface area contributed by atoms with Crippen molar-refractivity contribution in [3.63, 3.8) is 0 Å². The van der Waals surface area contributed by atoms with Crippen molar-refractivity contribution in [3.8, 4) is 0 Å². The molecule has 2 saturated heterocycles. The lowest BCUT2D eigenvalue weighted by atomic mass is 9.78. The average molecular weight is 306 g/mol. The first-order valence-corrected chi connectivity index (χ1v) is 9.16. The van der Waals surface area contributed by atoms with Crippen LogP contribution in [0.5, 0.6) is 0 Å². The molecule has 0 bridgehead atoms. The Kier molecular flexibility index (Phi) is 4.74. The molecule has 1 aliphatic carbocycles. The SMILES string of the molecule is CC(=O)N1CC[C@]2(CCCN(CCC3CCCCC3)C2=O)C1. The molecule has 2 amide bonds. The minimum atomic E-state index is -0.253. The number of rotatable bonds is 3. The molecule has 4 nitrogen and oxygen atoms in total. The molecule has 3 fully saturated rings. The fraction of sp³-hybridized carbons (Fsp3) is 0.889. The molecule has 0 radical (unpaired) electrons. The molecule has 1 atom stereocenters. The maximum absolute atomic E-state index is 13.0. The first-order chi connectivity index (χ1) is 10.6. The van der Waals surface area contributed by atoms with Crippen LogP contribution in [-0.2, 0) is 9.59 Å². The second-order valence-electron chi connectivity index (χ2n) is 7.66. The first kappa shape index (κ1) is 15.8. The summed E-state index contributed by atoms with van der Waals surface area (Å²) in [7, 11) is 0. The molecule has 0 N–H and O–H groups in total. The third-order valence-electron chi connectivity index (χ3n) is 6.16. The second-order valence-corrected chi connectivity index (χ2v) is 7.66. The predicted molar refractivity (Wildman–Crippen MR) is 86.3 cm³/mol. The van der Waals surface area contributed by atoms with E-state index in [0.29, 0.717) is 12.5 Å². The van der Waals surface area contributed by atoms with Gasteiger partial charge >= 0.3 is 0 Å². The van der Waals surface area contributed by atoms with Crippen molar-refractivity contribution < 1.29 is 9.59 Å². The van der Waals surface area contributed by atoms with E-state index in [4.69, 9.17) is 0 Å². The van der Waals surface area contributed by atoms with Crippen LogP contribution in [0.15, 0.2) is 0 Å². The molecule has 2 heterocycles. The second kappa shape index (κ2) is 6.59. The summed E-state index contributed by atoms with van der Waals surface area (Å²) in [4.78, 5) is 28.5. The van der Waals surface area contributed by atoms with Gasteiger partial charge in [0.2, 0.25) is 11.8 Å². The van der Waals surface area contributed by atoms with E-state index in [2.05, 4.69) is 4.90 Å². The lowest BCUT2D eigenvalue weighted by molar-refractivity contribution is -0.146. The minimum Gasteiger partial charge on any atom is -0.342 e. The lowest BCUT2D eigenvalue weighted by Gasteiger charge is -2.40. The Morgan fingerprint density at radius 3 is 2.59 bits per heavy atom. The van der Waals surface area contributed by atoms with Crippen LogP contribution < -0.4 is 0 Å². The third kappa shape index (κ3) is 3.16. The number of carbonyl (C=O) groups excluding carboxylic acids is 2. The quantitative estimate of drug-likeness (QED) is 0.804. The van der Waals surface area contributed by atoms with Gasteiger partial charge in [0, 0.05) is 33.1 Å². The molecule has 2 aliphatic heterocycles. The predicted octanol–water partition coefficient (Wildman–Crippen LogP) is 2.82. The molecule has 3 aliphatic rings. The molecule has 0 aromatic rings. The summed E-state index contributed by atoms with van der Waals surface area (Å²) in [5, 5.41) is 0. The fourth-order valence-corrected chi connectivity index (χ4v) is 4.70. The number of hydrogen-bond donors (Lipinski definition) is 0. The molecule has 0 aromatic heterocycles. The zero-order valence-electron chi connectivity index (χ0n) is 14.0. The topological polar surface area (TPSA) is 40.6 Å². The zero-order valence-corrected chi connectivity index (χ0v) is 14.0. The Morgan fingerprint density at radius 1 is 1.14 bits per heavy atom. The summed E-state index contributed by atoms with van der Waals surface area (Å²) in [5.41, 5.74) is -0.253. The molecule has 0 aromatic carbocycles. The van der Waals surface area contributed by atoms with E-state index in [9.17, 15) is 9.59 Å². The Bertz CT molecular complexity index is 431. The highest BCUT2D eigenvalue weighted by Crippen LogP contribution is 2.40. The number of carbonyl (C=O) groups is 2. The number of hydrogen-bond acceptors (Lipinski definition) is 2. The van der Waals surface area contributed by atoms with Gasteiger partial charge in [0.05, 0.1) is 5.41 Å². The van der Waals surface area contributed by atoms with Crippen molar-refractivity contribution in [1.82, 2.24) is 9.80 Å². The largest absolute Gasteiger partial charge is 0.342 e. The van der Waals surface area contributed by atoms with Gasteiger partial charge in [-0.2, -0.15) is 0 Å². The molecule has 0 unspecified atom stereocenters. The average Bonchev–Trinajstić information content (AvgIpc) is 2.95. The Morgan fingerprint density at radius 2 is 1.91 bits per heavy atom. The molecular formula is C18H30N2O2. The van der Waals surface area contributed by atoms with Crippen LogP contribution in [0.3, 0.4) is 0 Å². The summed E-state index contributed by atoms with van der Waals surface area (Å²) in [6, 6.07) is 0. The number of likely N-dealkylation sites (tertiary alicyclic amines) is 2. The van der Waals surface area contributed by atoms with Crippen molar-refractivity contribution in [2.24, 2.45) is 11.3 Å². The van der Waals surface area contributed by atoms with E-state index in [-0.39, 0.29) is 11.3 Å². The maximum atomic E-state index is 13.0. The van der Waals surface area contributed by atoms with Crippen LogP contribution in [-0.4, -0.2) is 47.8 Å². The van der Waals surface area contributed by atoms with Gasteiger partial charge in [-0.05, 0) is 31.6 Å².